The van der Waals surface area contributed by atoms with E-state index >= 15 is 0 Å². The highest BCUT2D eigenvalue weighted by Gasteiger charge is 1.98. The largest absolute Gasteiger partial charge is 0.507 e. The van der Waals surface area contributed by atoms with Crippen LogP contribution in [0.5, 0.6) is 5.75 Å². The summed E-state index contributed by atoms with van der Waals surface area (Å²) in [5, 5.41) is 11.5. The number of phenolic OH excluding ortho intramolecular Hbond substituents is 1. The van der Waals surface area contributed by atoms with Crippen molar-refractivity contribution in [1.82, 2.24) is 0 Å². The van der Waals surface area contributed by atoms with Gasteiger partial charge in [0.25, 0.3) is 0 Å². The van der Waals surface area contributed by atoms with Crippen LogP contribution in [0.4, 0.5) is 0 Å². The van der Waals surface area contributed by atoms with E-state index in [4.69, 9.17) is 0 Å². The van der Waals surface area contributed by atoms with Crippen LogP contribution in [0.2, 0.25) is 0 Å². The molecule has 2 heteroatoms. The van der Waals surface area contributed by atoms with E-state index < -0.39 is 0 Å². The molecule has 0 heterocycles. The first kappa shape index (κ1) is 7.50. The van der Waals surface area contributed by atoms with Gasteiger partial charge >= 0.3 is 0 Å². The molecule has 1 nitrogen and oxygen atoms in total. The second kappa shape index (κ2) is 2.72. The molecule has 0 radical (unpaired) electrons. The van der Waals surface area contributed by atoms with Crippen molar-refractivity contribution < 1.29 is 5.11 Å². The van der Waals surface area contributed by atoms with Gasteiger partial charge in [-0.15, -0.1) is 12.6 Å². The lowest BCUT2D eigenvalue weighted by Crippen LogP contribution is -1.73. The fourth-order valence-corrected chi connectivity index (χ4v) is 1.42. The van der Waals surface area contributed by atoms with E-state index in [9.17, 15) is 5.11 Å². The van der Waals surface area contributed by atoms with Crippen molar-refractivity contribution in [1.29, 1.82) is 0 Å². The number of hydrogen-bond donors (Lipinski definition) is 2. The molecule has 0 unspecified atom stereocenters. The van der Waals surface area contributed by atoms with Gasteiger partial charge in [-0.2, -0.15) is 0 Å². The minimum Gasteiger partial charge on any atom is -0.507 e. The van der Waals surface area contributed by atoms with Gasteiger partial charge in [0, 0.05) is 4.90 Å². The van der Waals surface area contributed by atoms with Crippen molar-refractivity contribution in [2.75, 3.05) is 0 Å². The van der Waals surface area contributed by atoms with Crippen LogP contribution in [-0.2, 0) is 0 Å². The van der Waals surface area contributed by atoms with Crippen LogP contribution in [0.15, 0.2) is 41.3 Å². The van der Waals surface area contributed by atoms with Crippen LogP contribution in [0.25, 0.3) is 10.8 Å². The Labute approximate surface area is 76.1 Å². The second-order valence-electron chi connectivity index (χ2n) is 2.69. The molecule has 0 atom stereocenters. The predicted molar refractivity (Wildman–Crippen MR) is 52.9 cm³/mol. The van der Waals surface area contributed by atoms with Crippen LogP contribution >= 0.6 is 12.6 Å². The third-order valence-electron chi connectivity index (χ3n) is 1.84. The summed E-state index contributed by atoms with van der Waals surface area (Å²) in [6.45, 7) is 0. The SMILES string of the molecule is Oc1cc2ccccc2cc1S. The molecule has 0 aromatic heterocycles. The highest BCUT2D eigenvalue weighted by Crippen LogP contribution is 2.26. The van der Waals surface area contributed by atoms with Crippen LogP contribution in [0.1, 0.15) is 0 Å². The van der Waals surface area contributed by atoms with Crippen molar-refractivity contribution in [3.8, 4) is 5.75 Å². The van der Waals surface area contributed by atoms with Gasteiger partial charge in [-0.25, -0.2) is 0 Å². The minimum absolute atomic E-state index is 0.233. The van der Waals surface area contributed by atoms with Crippen molar-refractivity contribution in [3.63, 3.8) is 0 Å². The van der Waals surface area contributed by atoms with Crippen LogP contribution in [0, 0.1) is 0 Å². The lowest BCUT2D eigenvalue weighted by Gasteiger charge is -2.00. The summed E-state index contributed by atoms with van der Waals surface area (Å²) in [5.41, 5.74) is 0. The zero-order valence-electron chi connectivity index (χ0n) is 6.36. The first-order chi connectivity index (χ1) is 5.77. The van der Waals surface area contributed by atoms with Crippen molar-refractivity contribution in [2.45, 2.75) is 4.90 Å². The lowest BCUT2D eigenvalue weighted by atomic mass is 10.1. The number of hydrogen-bond acceptors (Lipinski definition) is 2. The van der Waals surface area contributed by atoms with E-state index in [0.29, 0.717) is 4.90 Å². The summed E-state index contributed by atoms with van der Waals surface area (Å²) in [5.74, 6) is 0.233. The van der Waals surface area contributed by atoms with E-state index in [1.54, 1.807) is 6.07 Å². The third-order valence-corrected chi connectivity index (χ3v) is 2.20. The first-order valence-electron chi connectivity index (χ1n) is 3.68. The number of phenols is 1. The van der Waals surface area contributed by atoms with E-state index in [0.717, 1.165) is 10.8 Å². The van der Waals surface area contributed by atoms with Gasteiger partial charge in [-0.05, 0) is 22.9 Å². The predicted octanol–water partition coefficient (Wildman–Crippen LogP) is 2.83. The molecule has 0 amide bonds. The quantitative estimate of drug-likeness (QED) is 0.591. The molecule has 0 fully saturated rings. The number of aromatic hydroxyl groups is 1. The van der Waals surface area contributed by atoms with Crippen LogP contribution in [-0.4, -0.2) is 5.11 Å². The Balaban J connectivity index is 2.84. The Morgan fingerprint density at radius 3 is 2.25 bits per heavy atom. The van der Waals surface area contributed by atoms with Crippen molar-refractivity contribution in [3.05, 3.63) is 36.4 Å². The maximum absolute atomic E-state index is 9.34. The van der Waals surface area contributed by atoms with Gasteiger partial charge in [0.05, 0.1) is 0 Å². The standard InChI is InChI=1S/C10H8OS/c11-9-5-7-3-1-2-4-8(7)6-10(9)12/h1-6,11-12H. The molecule has 0 spiro atoms. The van der Waals surface area contributed by atoms with Gasteiger partial charge in [-0.3, -0.25) is 0 Å². The molecular weight excluding hydrogens is 168 g/mol. The Bertz CT molecular complexity index is 383. The van der Waals surface area contributed by atoms with Gasteiger partial charge in [0.2, 0.25) is 0 Å². The topological polar surface area (TPSA) is 20.2 Å². The lowest BCUT2D eigenvalue weighted by molar-refractivity contribution is 0.464. The average Bonchev–Trinajstić information content (AvgIpc) is 2.07. The smallest absolute Gasteiger partial charge is 0.129 e. The van der Waals surface area contributed by atoms with Crippen LogP contribution < -0.4 is 0 Å². The van der Waals surface area contributed by atoms with Gasteiger partial charge in [0.15, 0.2) is 0 Å². The highest BCUT2D eigenvalue weighted by molar-refractivity contribution is 7.80. The normalized spacial score (nSPS) is 10.4. The summed E-state index contributed by atoms with van der Waals surface area (Å²) >= 11 is 4.12. The summed E-state index contributed by atoms with van der Waals surface area (Å²) < 4.78 is 0. The third kappa shape index (κ3) is 1.14. The summed E-state index contributed by atoms with van der Waals surface area (Å²) in [7, 11) is 0. The second-order valence-corrected chi connectivity index (χ2v) is 3.17. The first-order valence-corrected chi connectivity index (χ1v) is 4.13. The molecule has 1 N–H and O–H groups in total. The molecule has 0 bridgehead atoms. The molecule has 0 aliphatic heterocycles. The minimum atomic E-state index is 0.233. The molecule has 0 saturated heterocycles. The number of benzene rings is 2. The summed E-state index contributed by atoms with van der Waals surface area (Å²) in [6, 6.07) is 11.4. The molecular formula is C10H8OS. The summed E-state index contributed by atoms with van der Waals surface area (Å²) in [6.07, 6.45) is 0. The Kier molecular flexibility index (Phi) is 1.70. The Morgan fingerprint density at radius 1 is 1.00 bits per heavy atom. The van der Waals surface area contributed by atoms with Gasteiger partial charge in [-0.1, -0.05) is 24.3 Å². The monoisotopic (exact) mass is 176 g/mol. The van der Waals surface area contributed by atoms with E-state index in [2.05, 4.69) is 12.6 Å². The Hall–Kier alpha value is -1.15. The van der Waals surface area contributed by atoms with E-state index in [1.807, 2.05) is 30.3 Å². The molecule has 0 saturated carbocycles. The number of thiol groups is 1. The molecule has 0 aliphatic carbocycles. The zero-order valence-corrected chi connectivity index (χ0v) is 7.25. The van der Waals surface area contributed by atoms with Crippen molar-refractivity contribution in [2.24, 2.45) is 0 Å². The van der Waals surface area contributed by atoms with Crippen LogP contribution in [0.3, 0.4) is 0 Å². The fourth-order valence-electron chi connectivity index (χ4n) is 1.22. The molecule has 2 rings (SSSR count). The van der Waals surface area contributed by atoms with Crippen molar-refractivity contribution >= 4 is 23.4 Å². The number of fused-ring (bicyclic) bond motifs is 1. The fraction of sp³-hybridized carbons (Fsp3) is 0. The van der Waals surface area contributed by atoms with E-state index in [-0.39, 0.29) is 5.75 Å². The van der Waals surface area contributed by atoms with E-state index in [1.165, 1.54) is 0 Å². The average molecular weight is 176 g/mol. The molecule has 2 aromatic carbocycles. The maximum atomic E-state index is 9.34. The molecule has 0 aliphatic rings. The molecule has 60 valence electrons. The zero-order chi connectivity index (χ0) is 8.55. The highest BCUT2D eigenvalue weighted by atomic mass is 32.1. The van der Waals surface area contributed by atoms with Gasteiger partial charge < -0.3 is 5.11 Å². The number of rotatable bonds is 0. The molecule has 2 aromatic rings. The molecule has 12 heavy (non-hydrogen) atoms. The summed E-state index contributed by atoms with van der Waals surface area (Å²) in [4.78, 5) is 0.619. The maximum Gasteiger partial charge on any atom is 0.129 e. The Morgan fingerprint density at radius 2 is 1.58 bits per heavy atom. The van der Waals surface area contributed by atoms with Gasteiger partial charge in [0.1, 0.15) is 5.75 Å².